The summed E-state index contributed by atoms with van der Waals surface area (Å²) < 4.78 is 6.61. The molecule has 0 bridgehead atoms. The Morgan fingerprint density at radius 3 is 2.03 bits per heavy atom. The lowest BCUT2D eigenvalue weighted by Crippen LogP contribution is -2.16. The highest BCUT2D eigenvalue weighted by molar-refractivity contribution is 6.12. The van der Waals surface area contributed by atoms with Gasteiger partial charge in [0.2, 0.25) is 0 Å². The van der Waals surface area contributed by atoms with Crippen molar-refractivity contribution in [3.63, 3.8) is 0 Å². The molecule has 0 spiro atoms. The molecule has 1 aliphatic carbocycles. The second-order valence-electron chi connectivity index (χ2n) is 9.86. The van der Waals surface area contributed by atoms with Crippen molar-refractivity contribution in [2.45, 2.75) is 19.3 Å². The molecular formula is C33H25NO. The normalized spacial score (nSPS) is 13.7. The van der Waals surface area contributed by atoms with E-state index in [0.717, 1.165) is 44.4 Å². The number of hydrogen-bond acceptors (Lipinski definition) is 2. The van der Waals surface area contributed by atoms with E-state index in [1.54, 1.807) is 0 Å². The van der Waals surface area contributed by atoms with Gasteiger partial charge < -0.3 is 9.73 Å². The molecule has 1 N–H and O–H groups in total. The first-order chi connectivity index (χ1) is 17.1. The van der Waals surface area contributed by atoms with Gasteiger partial charge in [-0.3, -0.25) is 0 Å². The molecule has 0 saturated carbocycles. The van der Waals surface area contributed by atoms with Crippen molar-refractivity contribution in [3.8, 4) is 22.3 Å². The number of hydrogen-bond donors (Lipinski definition) is 1. The summed E-state index contributed by atoms with van der Waals surface area (Å²) in [7, 11) is 0. The summed E-state index contributed by atoms with van der Waals surface area (Å²) in [6, 6.07) is 38.5. The molecule has 0 radical (unpaired) electrons. The lowest BCUT2D eigenvalue weighted by Gasteiger charge is -2.24. The molecular weight excluding hydrogens is 426 g/mol. The van der Waals surface area contributed by atoms with Gasteiger partial charge in [0.15, 0.2) is 5.58 Å². The molecule has 2 nitrogen and oxygen atoms in total. The molecule has 0 unspecified atom stereocenters. The van der Waals surface area contributed by atoms with Gasteiger partial charge >= 0.3 is 0 Å². The van der Waals surface area contributed by atoms with Crippen LogP contribution in [-0.2, 0) is 5.41 Å². The zero-order chi connectivity index (χ0) is 23.6. The van der Waals surface area contributed by atoms with E-state index in [0.29, 0.717) is 0 Å². The summed E-state index contributed by atoms with van der Waals surface area (Å²) in [6.07, 6.45) is 0. The van der Waals surface area contributed by atoms with E-state index in [1.165, 1.54) is 22.3 Å². The predicted octanol–water partition coefficient (Wildman–Crippen LogP) is 9.30. The zero-order valence-corrected chi connectivity index (χ0v) is 19.8. The minimum atomic E-state index is -0.0855. The van der Waals surface area contributed by atoms with Crippen LogP contribution in [0.2, 0.25) is 0 Å². The van der Waals surface area contributed by atoms with Gasteiger partial charge in [0.05, 0.1) is 5.69 Å². The lowest BCUT2D eigenvalue weighted by molar-refractivity contribution is 0.661. The molecule has 0 aliphatic heterocycles. The Kier molecular flexibility index (Phi) is 4.22. The van der Waals surface area contributed by atoms with Crippen molar-refractivity contribution in [2.24, 2.45) is 0 Å². The Hall–Kier alpha value is -4.30. The van der Waals surface area contributed by atoms with Crippen LogP contribution in [0.3, 0.4) is 0 Å². The van der Waals surface area contributed by atoms with Crippen molar-refractivity contribution in [3.05, 3.63) is 120 Å². The van der Waals surface area contributed by atoms with Crippen LogP contribution in [0.5, 0.6) is 0 Å². The fourth-order valence-electron chi connectivity index (χ4n) is 5.86. The van der Waals surface area contributed by atoms with Crippen molar-refractivity contribution >= 4 is 33.3 Å². The molecule has 6 aromatic rings. The summed E-state index contributed by atoms with van der Waals surface area (Å²) in [4.78, 5) is 0. The first-order valence-corrected chi connectivity index (χ1v) is 12.1. The molecule has 35 heavy (non-hydrogen) atoms. The fraction of sp³-hybridized carbons (Fsp3) is 0.0909. The second-order valence-corrected chi connectivity index (χ2v) is 9.86. The Morgan fingerprint density at radius 1 is 0.543 bits per heavy atom. The SMILES string of the molecule is CC1(C)c2ccccc2-c2cccc(Nc3cccc4c3oc3c(-c5ccccc5)cccc34)c21. The maximum absolute atomic E-state index is 6.61. The molecule has 2 heteroatoms. The Labute approximate surface area is 204 Å². The predicted molar refractivity (Wildman–Crippen MR) is 146 cm³/mol. The van der Waals surface area contributed by atoms with E-state index in [-0.39, 0.29) is 5.41 Å². The minimum Gasteiger partial charge on any atom is -0.453 e. The summed E-state index contributed by atoms with van der Waals surface area (Å²) in [5.41, 5.74) is 11.4. The maximum Gasteiger partial charge on any atom is 0.158 e. The average molecular weight is 452 g/mol. The van der Waals surface area contributed by atoms with Crippen LogP contribution in [0.15, 0.2) is 114 Å². The van der Waals surface area contributed by atoms with Crippen LogP contribution in [0, 0.1) is 0 Å². The number of para-hydroxylation sites is 2. The highest BCUT2D eigenvalue weighted by Crippen LogP contribution is 2.52. The van der Waals surface area contributed by atoms with E-state index in [2.05, 4.69) is 122 Å². The minimum absolute atomic E-state index is 0.0855. The van der Waals surface area contributed by atoms with Crippen molar-refractivity contribution < 1.29 is 4.42 Å². The van der Waals surface area contributed by atoms with E-state index in [4.69, 9.17) is 4.42 Å². The third-order valence-electron chi connectivity index (χ3n) is 7.46. The molecule has 1 heterocycles. The van der Waals surface area contributed by atoms with Crippen LogP contribution in [-0.4, -0.2) is 0 Å². The Balaban J connectivity index is 1.40. The molecule has 168 valence electrons. The first-order valence-electron chi connectivity index (χ1n) is 12.1. The number of benzene rings is 5. The van der Waals surface area contributed by atoms with E-state index in [1.807, 2.05) is 6.07 Å². The van der Waals surface area contributed by atoms with Crippen molar-refractivity contribution in [2.75, 3.05) is 5.32 Å². The lowest BCUT2D eigenvalue weighted by atomic mass is 9.81. The summed E-state index contributed by atoms with van der Waals surface area (Å²) in [6.45, 7) is 4.63. The number of fused-ring (bicyclic) bond motifs is 6. The molecule has 5 aromatic carbocycles. The van der Waals surface area contributed by atoms with Gasteiger partial charge in [0, 0.05) is 27.4 Å². The monoisotopic (exact) mass is 451 g/mol. The van der Waals surface area contributed by atoms with Crippen molar-refractivity contribution in [1.82, 2.24) is 0 Å². The summed E-state index contributed by atoms with van der Waals surface area (Å²) in [5, 5.41) is 6.02. The van der Waals surface area contributed by atoms with E-state index in [9.17, 15) is 0 Å². The topological polar surface area (TPSA) is 25.2 Å². The number of anilines is 2. The molecule has 0 saturated heterocycles. The molecule has 1 aromatic heterocycles. The van der Waals surface area contributed by atoms with Gasteiger partial charge in [0.25, 0.3) is 0 Å². The molecule has 0 fully saturated rings. The smallest absolute Gasteiger partial charge is 0.158 e. The van der Waals surface area contributed by atoms with Gasteiger partial charge in [-0.1, -0.05) is 111 Å². The van der Waals surface area contributed by atoms with Gasteiger partial charge in [-0.05, 0) is 39.9 Å². The third-order valence-corrected chi connectivity index (χ3v) is 7.46. The third kappa shape index (κ3) is 2.90. The van der Waals surface area contributed by atoms with Crippen LogP contribution in [0.4, 0.5) is 11.4 Å². The standard InChI is InChI=1S/C33H25NO/c1-33(2)27-18-7-6-13-23(27)24-15-9-19-28(30(24)33)34-29-20-10-17-26-25-16-8-14-22(31(25)35-32(26)29)21-11-4-3-5-12-21/h3-20,34H,1-2H3. The second kappa shape index (κ2) is 7.35. The van der Waals surface area contributed by atoms with Crippen LogP contribution < -0.4 is 5.32 Å². The average Bonchev–Trinajstić information content (AvgIpc) is 3.39. The largest absolute Gasteiger partial charge is 0.453 e. The summed E-state index contributed by atoms with van der Waals surface area (Å²) in [5.74, 6) is 0. The van der Waals surface area contributed by atoms with E-state index < -0.39 is 0 Å². The Morgan fingerprint density at radius 2 is 1.17 bits per heavy atom. The van der Waals surface area contributed by atoms with Gasteiger partial charge in [-0.2, -0.15) is 0 Å². The molecule has 1 aliphatic rings. The molecule has 0 atom stereocenters. The molecule has 7 rings (SSSR count). The van der Waals surface area contributed by atoms with E-state index >= 15 is 0 Å². The number of furan rings is 1. The van der Waals surface area contributed by atoms with Gasteiger partial charge in [0.1, 0.15) is 5.58 Å². The maximum atomic E-state index is 6.61. The number of rotatable bonds is 3. The first kappa shape index (κ1) is 20.1. The van der Waals surface area contributed by atoms with Gasteiger partial charge in [-0.25, -0.2) is 0 Å². The quantitative estimate of drug-likeness (QED) is 0.290. The highest BCUT2D eigenvalue weighted by atomic mass is 16.3. The van der Waals surface area contributed by atoms with Crippen LogP contribution in [0.1, 0.15) is 25.0 Å². The molecule has 0 amide bonds. The summed E-state index contributed by atoms with van der Waals surface area (Å²) >= 11 is 0. The van der Waals surface area contributed by atoms with Crippen LogP contribution in [0.25, 0.3) is 44.2 Å². The zero-order valence-electron chi connectivity index (χ0n) is 19.8. The van der Waals surface area contributed by atoms with Gasteiger partial charge in [-0.15, -0.1) is 0 Å². The van der Waals surface area contributed by atoms with Crippen molar-refractivity contribution in [1.29, 1.82) is 0 Å². The Bertz CT molecular complexity index is 1740. The number of nitrogens with one attached hydrogen (secondary N) is 1. The fourth-order valence-corrected chi connectivity index (χ4v) is 5.86. The highest BCUT2D eigenvalue weighted by Gasteiger charge is 2.37. The van der Waals surface area contributed by atoms with Crippen LogP contribution >= 0.6 is 0 Å².